The van der Waals surface area contributed by atoms with E-state index in [2.05, 4.69) is 6.92 Å². The van der Waals surface area contributed by atoms with Crippen molar-refractivity contribution in [1.29, 1.82) is 0 Å². The SMILES string of the molecule is CCCCCCCCCCCC(=O)OC[C@H]1O[C@@H](OCCCC(F)(F)C(F)(F)C(F)(F)C(F)(F)C(F)(F)C(F)(F)C(F)(F)C(F)(F)F)[C@H](O)[C@@H](O)[C@@H]1O. The minimum atomic E-state index is -8.73. The van der Waals surface area contributed by atoms with Gasteiger partial charge < -0.3 is 29.5 Å². The minimum absolute atomic E-state index is 0.0757. The Labute approximate surface area is 291 Å². The van der Waals surface area contributed by atoms with Crippen LogP contribution in [-0.2, 0) is 19.0 Å². The molecule has 0 spiro atoms. The third-order valence-corrected chi connectivity index (χ3v) is 8.27. The van der Waals surface area contributed by atoms with E-state index in [1.807, 2.05) is 0 Å². The average Bonchev–Trinajstić information content (AvgIpc) is 3.04. The topological polar surface area (TPSA) is 105 Å². The Hall–Kier alpha value is -1.92. The molecule has 3 N–H and O–H groups in total. The summed E-state index contributed by atoms with van der Waals surface area (Å²) in [7, 11) is 0. The van der Waals surface area contributed by atoms with Gasteiger partial charge in [0.2, 0.25) is 0 Å². The number of ether oxygens (including phenoxy) is 3. The number of hydrogen-bond donors (Lipinski definition) is 3. The van der Waals surface area contributed by atoms with E-state index in [9.17, 15) is 94.8 Å². The van der Waals surface area contributed by atoms with Crippen LogP contribution in [-0.4, -0.2) is 113 Å². The van der Waals surface area contributed by atoms with Gasteiger partial charge in [-0.2, -0.15) is 74.6 Å². The average molecular weight is 823 g/mol. The summed E-state index contributed by atoms with van der Waals surface area (Å²) in [6.45, 7) is -0.143. The summed E-state index contributed by atoms with van der Waals surface area (Å²) < 4.78 is 243. The molecule has 53 heavy (non-hydrogen) atoms. The number of hydrogen-bond acceptors (Lipinski definition) is 7. The fourth-order valence-electron chi connectivity index (χ4n) is 4.87. The summed E-state index contributed by atoms with van der Waals surface area (Å²) in [5, 5.41) is 30.1. The molecular formula is C29H39F17O7. The Bertz CT molecular complexity index is 1140. The van der Waals surface area contributed by atoms with Crippen LogP contribution in [0.4, 0.5) is 74.6 Å². The zero-order valence-corrected chi connectivity index (χ0v) is 27.7. The number of alkyl halides is 17. The maximum Gasteiger partial charge on any atom is 0.460 e. The molecule has 0 saturated carbocycles. The number of halogens is 17. The molecule has 1 rings (SSSR count). The van der Waals surface area contributed by atoms with Crippen molar-refractivity contribution in [2.45, 2.75) is 162 Å². The Morgan fingerprint density at radius 1 is 0.566 bits per heavy atom. The molecule has 1 fully saturated rings. The number of unbranched alkanes of at least 4 members (excludes halogenated alkanes) is 8. The van der Waals surface area contributed by atoms with E-state index in [4.69, 9.17) is 14.2 Å². The highest BCUT2D eigenvalue weighted by Crippen LogP contribution is 2.64. The number of esters is 1. The van der Waals surface area contributed by atoms with Gasteiger partial charge in [-0.05, 0) is 12.8 Å². The van der Waals surface area contributed by atoms with Crippen molar-refractivity contribution >= 4 is 5.97 Å². The second-order valence-electron chi connectivity index (χ2n) is 12.4. The van der Waals surface area contributed by atoms with Crippen LogP contribution in [0.5, 0.6) is 0 Å². The molecule has 1 heterocycles. The van der Waals surface area contributed by atoms with E-state index >= 15 is 0 Å². The van der Waals surface area contributed by atoms with Gasteiger partial charge in [-0.15, -0.1) is 0 Å². The van der Waals surface area contributed by atoms with Gasteiger partial charge in [0.1, 0.15) is 31.0 Å². The summed E-state index contributed by atoms with van der Waals surface area (Å²) in [4.78, 5) is 12.0. The molecule has 0 radical (unpaired) electrons. The Morgan fingerprint density at radius 2 is 1.00 bits per heavy atom. The van der Waals surface area contributed by atoms with Gasteiger partial charge in [-0.3, -0.25) is 4.79 Å². The zero-order valence-electron chi connectivity index (χ0n) is 27.7. The molecule has 0 unspecified atom stereocenters. The number of rotatable bonds is 23. The largest absolute Gasteiger partial charge is 0.463 e. The number of aliphatic hydroxyl groups is 3. The van der Waals surface area contributed by atoms with Crippen molar-refractivity contribution < 1.29 is 109 Å². The van der Waals surface area contributed by atoms with Crippen molar-refractivity contribution in [3.05, 3.63) is 0 Å². The molecule has 5 atom stereocenters. The maximum atomic E-state index is 14.2. The number of carbonyl (C=O) groups excluding carboxylic acids is 1. The highest BCUT2D eigenvalue weighted by Gasteiger charge is 2.95. The second-order valence-corrected chi connectivity index (χ2v) is 12.4. The minimum Gasteiger partial charge on any atom is -0.463 e. The van der Waals surface area contributed by atoms with Crippen LogP contribution in [0.2, 0.25) is 0 Å². The molecule has 1 aliphatic heterocycles. The van der Waals surface area contributed by atoms with Crippen molar-refractivity contribution in [3.63, 3.8) is 0 Å². The van der Waals surface area contributed by atoms with Gasteiger partial charge in [-0.1, -0.05) is 58.3 Å². The molecular weight excluding hydrogens is 783 g/mol. The van der Waals surface area contributed by atoms with Crippen molar-refractivity contribution in [1.82, 2.24) is 0 Å². The molecule has 7 nitrogen and oxygen atoms in total. The smallest absolute Gasteiger partial charge is 0.460 e. The monoisotopic (exact) mass is 822 g/mol. The number of aliphatic hydroxyl groups excluding tert-OH is 3. The van der Waals surface area contributed by atoms with Crippen LogP contribution in [0.3, 0.4) is 0 Å². The first-order chi connectivity index (χ1) is 23.9. The molecule has 1 saturated heterocycles. The third-order valence-electron chi connectivity index (χ3n) is 8.27. The van der Waals surface area contributed by atoms with Crippen LogP contribution >= 0.6 is 0 Å². The Kier molecular flexibility index (Phi) is 17.0. The van der Waals surface area contributed by atoms with Crippen LogP contribution in [0.1, 0.15) is 84.0 Å². The van der Waals surface area contributed by atoms with Gasteiger partial charge >= 0.3 is 53.6 Å². The van der Waals surface area contributed by atoms with Gasteiger partial charge in [0.25, 0.3) is 0 Å². The molecule has 0 aromatic rings. The molecule has 0 aromatic carbocycles. The van der Waals surface area contributed by atoms with Gasteiger partial charge in [0, 0.05) is 12.8 Å². The summed E-state index contributed by atoms with van der Waals surface area (Å²) in [6, 6.07) is 0. The summed E-state index contributed by atoms with van der Waals surface area (Å²) >= 11 is 0. The first-order valence-corrected chi connectivity index (χ1v) is 16.1. The normalized spacial score (nSPS) is 23.0. The van der Waals surface area contributed by atoms with Crippen molar-refractivity contribution in [3.8, 4) is 0 Å². The van der Waals surface area contributed by atoms with E-state index in [1.165, 1.54) is 0 Å². The van der Waals surface area contributed by atoms with E-state index in [0.717, 1.165) is 44.9 Å². The van der Waals surface area contributed by atoms with E-state index in [-0.39, 0.29) is 6.42 Å². The van der Waals surface area contributed by atoms with Gasteiger partial charge in [0.15, 0.2) is 6.29 Å². The van der Waals surface area contributed by atoms with Gasteiger partial charge in [0.05, 0.1) is 6.61 Å². The molecule has 316 valence electrons. The summed E-state index contributed by atoms with van der Waals surface area (Å²) in [5.41, 5.74) is 0. The molecule has 0 bridgehead atoms. The maximum absolute atomic E-state index is 14.2. The van der Waals surface area contributed by atoms with Crippen LogP contribution in [0.15, 0.2) is 0 Å². The predicted molar refractivity (Wildman–Crippen MR) is 145 cm³/mol. The lowest BCUT2D eigenvalue weighted by atomic mass is 9.88. The van der Waals surface area contributed by atoms with Crippen molar-refractivity contribution in [2.75, 3.05) is 13.2 Å². The first kappa shape index (κ1) is 49.1. The highest BCUT2D eigenvalue weighted by atomic mass is 19.4. The van der Waals surface area contributed by atoms with Crippen LogP contribution in [0.25, 0.3) is 0 Å². The van der Waals surface area contributed by atoms with E-state index < -0.39 is 110 Å². The highest BCUT2D eigenvalue weighted by molar-refractivity contribution is 5.69. The van der Waals surface area contributed by atoms with Crippen molar-refractivity contribution in [2.24, 2.45) is 0 Å². The number of carbonyl (C=O) groups is 1. The zero-order chi connectivity index (χ0) is 41.5. The predicted octanol–water partition coefficient (Wildman–Crippen LogP) is 8.06. The van der Waals surface area contributed by atoms with Crippen LogP contribution in [0, 0.1) is 0 Å². The lowest BCUT2D eigenvalue weighted by Crippen LogP contribution is -2.74. The van der Waals surface area contributed by atoms with E-state index in [1.54, 1.807) is 0 Å². The molecule has 0 aromatic heterocycles. The molecule has 24 heteroatoms. The molecule has 0 amide bonds. The molecule has 1 aliphatic rings. The quantitative estimate of drug-likeness (QED) is 0.0545. The Balaban J connectivity index is 2.84. The summed E-state index contributed by atoms with van der Waals surface area (Å²) in [6.07, 6.45) is -14.3. The van der Waals surface area contributed by atoms with Crippen LogP contribution < -0.4 is 0 Å². The standard InChI is InChI=1S/C29H39F17O7/c1-2-3-4-5-6-7-8-9-10-12-17(47)52-15-16-18(48)19(49)20(50)21(53-16)51-14-11-13-22(30,31)23(32,33)24(34,35)25(36,37)26(38,39)27(40,41)28(42,43)29(44,45)46/h16,18-21,48-50H,2-15H2,1H3/t16-,18-,19+,20-,21-/m1/s1. The van der Waals surface area contributed by atoms with E-state index in [0.29, 0.717) is 12.8 Å². The molecule has 0 aliphatic carbocycles. The lowest BCUT2D eigenvalue weighted by molar-refractivity contribution is -0.461. The Morgan fingerprint density at radius 3 is 1.47 bits per heavy atom. The lowest BCUT2D eigenvalue weighted by Gasteiger charge is -2.43. The first-order valence-electron chi connectivity index (χ1n) is 16.1. The second kappa shape index (κ2) is 18.4. The third kappa shape index (κ3) is 10.5. The fraction of sp³-hybridized carbons (Fsp3) is 0.966. The summed E-state index contributed by atoms with van der Waals surface area (Å²) in [5.74, 6) is -58.0. The fourth-order valence-corrected chi connectivity index (χ4v) is 4.87. The van der Waals surface area contributed by atoms with Gasteiger partial charge in [-0.25, -0.2) is 0 Å².